The summed E-state index contributed by atoms with van der Waals surface area (Å²) in [6, 6.07) is 21.3. The van der Waals surface area contributed by atoms with Crippen LogP contribution in [0.2, 0.25) is 0 Å². The van der Waals surface area contributed by atoms with Crippen molar-refractivity contribution in [2.75, 3.05) is 0 Å². The molecule has 24 heavy (non-hydrogen) atoms. The maximum atomic E-state index is 7.99. The first-order valence-electron chi connectivity index (χ1n) is 7.49. The van der Waals surface area contributed by atoms with E-state index in [1.54, 1.807) is 12.3 Å². The summed E-state index contributed by atoms with van der Waals surface area (Å²) < 4.78 is 1.42. The fourth-order valence-corrected chi connectivity index (χ4v) is 2.18. The second-order valence-corrected chi connectivity index (χ2v) is 5.10. The lowest BCUT2D eigenvalue weighted by Crippen LogP contribution is -2.08. The summed E-state index contributed by atoms with van der Waals surface area (Å²) in [7, 11) is 0. The van der Waals surface area contributed by atoms with E-state index in [0.717, 1.165) is 16.8 Å². The Morgan fingerprint density at radius 1 is 1.00 bits per heavy atom. The van der Waals surface area contributed by atoms with E-state index in [1.807, 2.05) is 66.7 Å². The van der Waals surface area contributed by atoms with E-state index in [-0.39, 0.29) is 5.96 Å². The first-order valence-corrected chi connectivity index (χ1v) is 7.49. The molecule has 5 nitrogen and oxygen atoms in total. The van der Waals surface area contributed by atoms with Crippen LogP contribution in [-0.4, -0.2) is 22.0 Å². The Balaban J connectivity index is 1.70. The van der Waals surface area contributed by atoms with Gasteiger partial charge in [-0.05, 0) is 17.7 Å². The van der Waals surface area contributed by atoms with Gasteiger partial charge in [0.05, 0.1) is 5.69 Å². The van der Waals surface area contributed by atoms with Crippen LogP contribution in [0.15, 0.2) is 84.0 Å². The molecule has 118 valence electrons. The van der Waals surface area contributed by atoms with Crippen LogP contribution < -0.4 is 5.73 Å². The molecular weight excluding hydrogens is 298 g/mol. The van der Waals surface area contributed by atoms with Crippen molar-refractivity contribution >= 4 is 17.9 Å². The smallest absolute Gasteiger partial charge is 0.242 e. The lowest BCUT2D eigenvalue weighted by atomic mass is 10.1. The Hall–Kier alpha value is -3.47. The molecule has 0 radical (unpaired) electrons. The normalized spacial score (nSPS) is 11.8. The van der Waals surface area contributed by atoms with Crippen molar-refractivity contribution in [2.45, 2.75) is 0 Å². The van der Waals surface area contributed by atoms with Gasteiger partial charge in [-0.1, -0.05) is 60.7 Å². The number of allylic oxidation sites excluding steroid dienone is 1. The van der Waals surface area contributed by atoms with Gasteiger partial charge in [-0.3, -0.25) is 5.41 Å². The van der Waals surface area contributed by atoms with Gasteiger partial charge in [0.15, 0.2) is 0 Å². The predicted molar refractivity (Wildman–Crippen MR) is 97.9 cm³/mol. The quantitative estimate of drug-likeness (QED) is 0.574. The van der Waals surface area contributed by atoms with E-state index in [9.17, 15) is 0 Å². The molecule has 0 saturated carbocycles. The Morgan fingerprint density at radius 2 is 1.67 bits per heavy atom. The van der Waals surface area contributed by atoms with Crippen molar-refractivity contribution in [3.63, 3.8) is 0 Å². The molecule has 5 heteroatoms. The number of nitrogens with zero attached hydrogens (tertiary/aromatic N) is 3. The Morgan fingerprint density at radius 3 is 2.38 bits per heavy atom. The number of hydrogen-bond acceptors (Lipinski definition) is 3. The zero-order valence-corrected chi connectivity index (χ0v) is 13.0. The van der Waals surface area contributed by atoms with Crippen LogP contribution in [0.5, 0.6) is 0 Å². The van der Waals surface area contributed by atoms with Crippen molar-refractivity contribution in [3.05, 3.63) is 84.6 Å². The second kappa shape index (κ2) is 7.19. The molecule has 1 heterocycles. The second-order valence-electron chi connectivity index (χ2n) is 5.10. The van der Waals surface area contributed by atoms with Gasteiger partial charge in [-0.2, -0.15) is 5.10 Å². The monoisotopic (exact) mass is 315 g/mol. The van der Waals surface area contributed by atoms with Crippen molar-refractivity contribution in [1.29, 1.82) is 5.41 Å². The lowest BCUT2D eigenvalue weighted by Gasteiger charge is -1.99. The zero-order chi connectivity index (χ0) is 16.8. The van der Waals surface area contributed by atoms with E-state index < -0.39 is 0 Å². The van der Waals surface area contributed by atoms with Crippen LogP contribution in [0.25, 0.3) is 17.0 Å². The Labute approximate surface area is 140 Å². The van der Waals surface area contributed by atoms with Crippen LogP contribution in [-0.2, 0) is 0 Å². The van der Waals surface area contributed by atoms with E-state index in [4.69, 9.17) is 11.1 Å². The molecule has 2 aromatic carbocycles. The van der Waals surface area contributed by atoms with Gasteiger partial charge < -0.3 is 5.73 Å². The number of aromatic nitrogens is 2. The molecule has 0 atom stereocenters. The third-order valence-electron chi connectivity index (χ3n) is 3.43. The van der Waals surface area contributed by atoms with Gasteiger partial charge in [-0.25, -0.2) is 9.67 Å². The topological polar surface area (TPSA) is 80.0 Å². The number of benzene rings is 2. The minimum Gasteiger partial charge on any atom is -0.398 e. The highest BCUT2D eigenvalue weighted by molar-refractivity contribution is 5.93. The first kappa shape index (κ1) is 15.4. The van der Waals surface area contributed by atoms with Crippen molar-refractivity contribution in [1.82, 2.24) is 9.78 Å². The molecule has 0 amide bonds. The standard InChI is InChI=1S/C19H17N5/c20-17(15-7-3-1-4-8-15)11-13-22-19(21)24-14-12-18(23-24)16-9-5-2-6-10-16/h1-14,21H,20H2. The molecule has 0 aliphatic rings. The lowest BCUT2D eigenvalue weighted by molar-refractivity contribution is 0.916. The number of hydrogen-bond donors (Lipinski definition) is 2. The average molecular weight is 315 g/mol. The summed E-state index contributed by atoms with van der Waals surface area (Å²) in [6.07, 6.45) is 4.90. The molecule has 0 fully saturated rings. The Kier molecular flexibility index (Phi) is 4.62. The highest BCUT2D eigenvalue weighted by Crippen LogP contribution is 2.15. The minimum atomic E-state index is 0.0225. The molecule has 3 N–H and O–H groups in total. The summed E-state index contributed by atoms with van der Waals surface area (Å²) in [6.45, 7) is 0. The average Bonchev–Trinajstić information content (AvgIpc) is 3.13. The molecule has 3 rings (SSSR count). The van der Waals surface area contributed by atoms with Crippen LogP contribution in [0, 0.1) is 5.41 Å². The highest BCUT2D eigenvalue weighted by Gasteiger charge is 2.04. The minimum absolute atomic E-state index is 0.0225. The van der Waals surface area contributed by atoms with Crippen LogP contribution in [0.1, 0.15) is 5.56 Å². The maximum Gasteiger partial charge on any atom is 0.242 e. The zero-order valence-electron chi connectivity index (χ0n) is 13.0. The number of nitrogens with one attached hydrogen (secondary N) is 1. The number of nitrogens with two attached hydrogens (primary N) is 1. The van der Waals surface area contributed by atoms with Crippen molar-refractivity contribution in [2.24, 2.45) is 10.7 Å². The van der Waals surface area contributed by atoms with E-state index >= 15 is 0 Å². The largest absolute Gasteiger partial charge is 0.398 e. The molecule has 0 saturated heterocycles. The summed E-state index contributed by atoms with van der Waals surface area (Å²) in [5.41, 5.74) is 9.29. The molecule has 0 bridgehead atoms. The van der Waals surface area contributed by atoms with Gasteiger partial charge in [0, 0.05) is 23.7 Å². The van der Waals surface area contributed by atoms with Crippen molar-refractivity contribution < 1.29 is 0 Å². The molecule has 0 aliphatic heterocycles. The van der Waals surface area contributed by atoms with Gasteiger partial charge in [0.25, 0.3) is 0 Å². The van der Waals surface area contributed by atoms with E-state index in [0.29, 0.717) is 5.70 Å². The van der Waals surface area contributed by atoms with Crippen molar-refractivity contribution in [3.8, 4) is 11.3 Å². The molecular formula is C19H17N5. The maximum absolute atomic E-state index is 7.99. The molecule has 1 aromatic heterocycles. The fraction of sp³-hybridized carbons (Fsp3) is 0. The fourth-order valence-electron chi connectivity index (χ4n) is 2.18. The molecule has 0 aliphatic carbocycles. The first-order chi connectivity index (χ1) is 11.7. The summed E-state index contributed by atoms with van der Waals surface area (Å²) >= 11 is 0. The third-order valence-corrected chi connectivity index (χ3v) is 3.43. The van der Waals surface area contributed by atoms with Crippen LogP contribution in [0.4, 0.5) is 0 Å². The molecule has 0 unspecified atom stereocenters. The molecule has 0 spiro atoms. The van der Waals surface area contributed by atoms with Crippen LogP contribution in [0.3, 0.4) is 0 Å². The SMILES string of the molecule is N=C(N=CC=C(N)c1ccccc1)n1ccc(-c2ccccc2)n1. The molecule has 3 aromatic rings. The highest BCUT2D eigenvalue weighted by atomic mass is 15.3. The van der Waals surface area contributed by atoms with E-state index in [1.165, 1.54) is 10.9 Å². The third kappa shape index (κ3) is 3.64. The van der Waals surface area contributed by atoms with Gasteiger partial charge >= 0.3 is 0 Å². The van der Waals surface area contributed by atoms with Gasteiger partial charge in [0.2, 0.25) is 5.96 Å². The number of aliphatic imine (C=N–C) groups is 1. The van der Waals surface area contributed by atoms with Gasteiger partial charge in [0.1, 0.15) is 0 Å². The van der Waals surface area contributed by atoms with Crippen LogP contribution >= 0.6 is 0 Å². The summed E-state index contributed by atoms with van der Waals surface area (Å²) in [4.78, 5) is 4.07. The Bertz CT molecular complexity index is 876. The predicted octanol–water partition coefficient (Wildman–Crippen LogP) is 3.40. The van der Waals surface area contributed by atoms with Gasteiger partial charge in [-0.15, -0.1) is 0 Å². The number of rotatable bonds is 3. The van der Waals surface area contributed by atoms with E-state index in [2.05, 4.69) is 10.1 Å². The summed E-state index contributed by atoms with van der Waals surface area (Å²) in [5, 5.41) is 12.3. The summed E-state index contributed by atoms with van der Waals surface area (Å²) in [5.74, 6) is 0.0225.